The predicted molar refractivity (Wildman–Crippen MR) is 204 cm³/mol. The van der Waals surface area contributed by atoms with Gasteiger partial charge in [-0.25, -0.2) is 9.97 Å². The molecule has 6 aromatic rings. The van der Waals surface area contributed by atoms with Crippen molar-refractivity contribution in [2.75, 3.05) is 0 Å². The molecule has 0 saturated heterocycles. The molecule has 3 heterocycles. The molecule has 0 amide bonds. The zero-order valence-electron chi connectivity index (χ0n) is 29.8. The van der Waals surface area contributed by atoms with E-state index in [0.29, 0.717) is 5.58 Å². The van der Waals surface area contributed by atoms with Crippen molar-refractivity contribution in [3.05, 3.63) is 70.9 Å². The Hall–Kier alpha value is -4.48. The SMILES string of the molecule is C#Cc1ccc2c(c1)c1cc(C#Cc3c4nc(CCCCCC)oc4cc4nc(CCCCCC)oc34)ccc1n2CCCCCCCC. The molecule has 3 aromatic carbocycles. The van der Waals surface area contributed by atoms with Crippen molar-refractivity contribution in [3.63, 3.8) is 0 Å². The molecular weight excluding hydrogens is 603 g/mol. The van der Waals surface area contributed by atoms with Gasteiger partial charge in [-0.05, 0) is 55.7 Å². The van der Waals surface area contributed by atoms with Crippen molar-refractivity contribution in [3.8, 4) is 24.2 Å². The van der Waals surface area contributed by atoms with E-state index in [1.54, 1.807) is 0 Å². The highest BCUT2D eigenvalue weighted by Crippen LogP contribution is 2.33. The smallest absolute Gasteiger partial charge is 0.195 e. The fourth-order valence-electron chi connectivity index (χ4n) is 6.97. The minimum absolute atomic E-state index is 0.701. The molecule has 254 valence electrons. The molecule has 5 nitrogen and oxygen atoms in total. The fourth-order valence-corrected chi connectivity index (χ4v) is 6.97. The van der Waals surface area contributed by atoms with Gasteiger partial charge < -0.3 is 13.4 Å². The monoisotopic (exact) mass is 653 g/mol. The number of rotatable bonds is 17. The lowest BCUT2D eigenvalue weighted by molar-refractivity contribution is 0.509. The van der Waals surface area contributed by atoms with Crippen molar-refractivity contribution in [1.29, 1.82) is 0 Å². The Balaban J connectivity index is 1.37. The van der Waals surface area contributed by atoms with Crippen LogP contribution in [0, 0.1) is 24.2 Å². The largest absolute Gasteiger partial charge is 0.441 e. The summed E-state index contributed by atoms with van der Waals surface area (Å²) in [6.07, 6.45) is 24.4. The first-order valence-electron chi connectivity index (χ1n) is 18.9. The van der Waals surface area contributed by atoms with Gasteiger partial charge in [-0.15, -0.1) is 6.42 Å². The third-order valence-electron chi connectivity index (χ3n) is 9.71. The van der Waals surface area contributed by atoms with Crippen LogP contribution in [0.25, 0.3) is 44.0 Å². The lowest BCUT2D eigenvalue weighted by Gasteiger charge is -2.08. The topological polar surface area (TPSA) is 57.0 Å². The Labute approximate surface area is 291 Å². The fraction of sp³-hybridized carbons (Fsp3) is 0.455. The van der Waals surface area contributed by atoms with Gasteiger partial charge in [-0.3, -0.25) is 0 Å². The molecule has 0 spiro atoms. The van der Waals surface area contributed by atoms with Crippen molar-refractivity contribution >= 4 is 44.0 Å². The summed E-state index contributed by atoms with van der Waals surface area (Å²) < 4.78 is 15.1. The Kier molecular flexibility index (Phi) is 11.8. The summed E-state index contributed by atoms with van der Waals surface area (Å²) in [6, 6.07) is 14.9. The molecule has 0 aliphatic rings. The van der Waals surface area contributed by atoms with Crippen molar-refractivity contribution < 1.29 is 8.83 Å². The van der Waals surface area contributed by atoms with Crippen LogP contribution in [0.1, 0.15) is 139 Å². The lowest BCUT2D eigenvalue weighted by Crippen LogP contribution is -1.98. The summed E-state index contributed by atoms with van der Waals surface area (Å²) >= 11 is 0. The van der Waals surface area contributed by atoms with Gasteiger partial charge in [0.1, 0.15) is 11.0 Å². The van der Waals surface area contributed by atoms with Crippen LogP contribution in [0.4, 0.5) is 0 Å². The number of terminal acetylenes is 1. The number of aryl methyl sites for hydroxylation is 3. The minimum Gasteiger partial charge on any atom is -0.441 e. The molecule has 0 unspecified atom stereocenters. The molecule has 0 aliphatic carbocycles. The van der Waals surface area contributed by atoms with Gasteiger partial charge in [-0.1, -0.05) is 109 Å². The van der Waals surface area contributed by atoms with Gasteiger partial charge in [-0.2, -0.15) is 0 Å². The highest BCUT2D eigenvalue weighted by atomic mass is 16.4. The molecule has 0 atom stereocenters. The lowest BCUT2D eigenvalue weighted by atomic mass is 10.1. The van der Waals surface area contributed by atoms with E-state index in [1.807, 2.05) is 6.07 Å². The van der Waals surface area contributed by atoms with Crippen molar-refractivity contribution in [2.45, 2.75) is 130 Å². The second-order valence-electron chi connectivity index (χ2n) is 13.6. The molecule has 0 bridgehead atoms. The van der Waals surface area contributed by atoms with E-state index in [-0.39, 0.29) is 0 Å². The van der Waals surface area contributed by atoms with Gasteiger partial charge >= 0.3 is 0 Å². The molecule has 0 saturated carbocycles. The van der Waals surface area contributed by atoms with Crippen LogP contribution in [0.3, 0.4) is 0 Å². The van der Waals surface area contributed by atoms with Crippen LogP contribution in [-0.4, -0.2) is 14.5 Å². The minimum atomic E-state index is 0.701. The van der Waals surface area contributed by atoms with E-state index in [9.17, 15) is 0 Å². The number of hydrogen-bond donors (Lipinski definition) is 0. The molecule has 5 heteroatoms. The highest BCUT2D eigenvalue weighted by Gasteiger charge is 2.18. The second-order valence-corrected chi connectivity index (χ2v) is 13.6. The first-order valence-corrected chi connectivity index (χ1v) is 18.9. The van der Waals surface area contributed by atoms with E-state index < -0.39 is 0 Å². The normalized spacial score (nSPS) is 11.6. The highest BCUT2D eigenvalue weighted by molar-refractivity contribution is 6.09. The van der Waals surface area contributed by atoms with Crippen molar-refractivity contribution in [2.24, 2.45) is 0 Å². The Morgan fingerprint density at radius 1 is 0.633 bits per heavy atom. The molecule has 0 N–H and O–H groups in total. The number of nitrogens with zero attached hydrogens (tertiary/aromatic N) is 3. The number of benzene rings is 3. The van der Waals surface area contributed by atoms with Gasteiger partial charge in [0.25, 0.3) is 0 Å². The maximum Gasteiger partial charge on any atom is 0.195 e. The van der Waals surface area contributed by atoms with E-state index >= 15 is 0 Å². The van der Waals surface area contributed by atoms with Crippen LogP contribution in [0.2, 0.25) is 0 Å². The summed E-state index contributed by atoms with van der Waals surface area (Å²) in [5, 5.41) is 2.36. The summed E-state index contributed by atoms with van der Waals surface area (Å²) in [4.78, 5) is 9.82. The van der Waals surface area contributed by atoms with Crippen LogP contribution in [0.15, 0.2) is 51.3 Å². The average molecular weight is 654 g/mol. The standard InChI is InChI=1S/C44H51N3O2/c1-5-9-12-15-16-19-28-47-38-26-23-32(8-4)29-35(38)36-30-33(24-27-39(36)47)22-25-34-43-40(48-42(46-43)21-18-14-11-7-3)31-37-44(34)49-41(45-37)20-17-13-10-6-2/h4,23-24,26-27,29-31H,5-7,9-21,28H2,1-3H3. The van der Waals surface area contributed by atoms with E-state index in [1.165, 1.54) is 92.4 Å². The zero-order chi connectivity index (χ0) is 34.0. The molecule has 0 radical (unpaired) electrons. The summed E-state index contributed by atoms with van der Waals surface area (Å²) in [5.41, 5.74) is 7.99. The molecular formula is C44H51N3O2. The van der Waals surface area contributed by atoms with Crippen LogP contribution < -0.4 is 0 Å². The first-order chi connectivity index (χ1) is 24.1. The summed E-state index contributed by atoms with van der Waals surface area (Å²) in [5.74, 6) is 11.3. The average Bonchev–Trinajstić information content (AvgIpc) is 3.81. The third kappa shape index (κ3) is 8.05. The van der Waals surface area contributed by atoms with E-state index in [4.69, 9.17) is 25.2 Å². The van der Waals surface area contributed by atoms with Crippen molar-refractivity contribution in [1.82, 2.24) is 14.5 Å². The maximum absolute atomic E-state index is 6.41. The number of oxazole rings is 2. The van der Waals surface area contributed by atoms with Gasteiger partial charge in [0, 0.05) is 58.4 Å². The summed E-state index contributed by atoms with van der Waals surface area (Å²) in [6.45, 7) is 7.71. The molecule has 0 aliphatic heterocycles. The van der Waals surface area contributed by atoms with Crippen LogP contribution in [0.5, 0.6) is 0 Å². The van der Waals surface area contributed by atoms with Gasteiger partial charge in [0.05, 0.1) is 5.56 Å². The van der Waals surface area contributed by atoms with Gasteiger partial charge in [0.2, 0.25) is 0 Å². The van der Waals surface area contributed by atoms with E-state index in [2.05, 4.69) is 79.5 Å². The number of fused-ring (bicyclic) bond motifs is 5. The molecule has 0 fully saturated rings. The Morgan fingerprint density at radius 2 is 1.22 bits per heavy atom. The van der Waals surface area contributed by atoms with Gasteiger partial charge in [0.15, 0.2) is 22.9 Å². The third-order valence-corrected chi connectivity index (χ3v) is 9.71. The quantitative estimate of drug-likeness (QED) is 0.0726. The number of unbranched alkanes of at least 4 members (excludes halogenated alkanes) is 11. The number of aromatic nitrogens is 3. The Morgan fingerprint density at radius 3 is 1.90 bits per heavy atom. The first kappa shape index (κ1) is 34.4. The van der Waals surface area contributed by atoms with Crippen LogP contribution >= 0.6 is 0 Å². The zero-order valence-corrected chi connectivity index (χ0v) is 29.8. The molecule has 49 heavy (non-hydrogen) atoms. The predicted octanol–water partition coefficient (Wildman–Crippen LogP) is 12.1. The number of hydrogen-bond acceptors (Lipinski definition) is 4. The molecule has 6 rings (SSSR count). The summed E-state index contributed by atoms with van der Waals surface area (Å²) in [7, 11) is 0. The second kappa shape index (κ2) is 16.8. The maximum atomic E-state index is 6.41. The van der Waals surface area contributed by atoms with E-state index in [0.717, 1.165) is 83.7 Å². The Bertz CT molecular complexity index is 2060. The van der Waals surface area contributed by atoms with Crippen LogP contribution in [-0.2, 0) is 19.4 Å². The molecule has 3 aromatic heterocycles.